The molecule has 82 valence electrons. The SMILES string of the molecule is COc1cc(N2CCCC2)c(Cl)cc1N. The molecule has 0 amide bonds. The molecule has 1 saturated heterocycles. The molecule has 0 aromatic heterocycles. The van der Waals surface area contributed by atoms with Gasteiger partial charge in [0.1, 0.15) is 5.75 Å². The molecule has 0 atom stereocenters. The van der Waals surface area contributed by atoms with Gasteiger partial charge in [0.15, 0.2) is 0 Å². The van der Waals surface area contributed by atoms with Crippen molar-refractivity contribution in [1.82, 2.24) is 0 Å². The van der Waals surface area contributed by atoms with Crippen molar-refractivity contribution in [2.24, 2.45) is 0 Å². The number of halogens is 1. The first-order valence-electron chi connectivity index (χ1n) is 5.10. The molecule has 0 bridgehead atoms. The van der Waals surface area contributed by atoms with Gasteiger partial charge in [-0.3, -0.25) is 0 Å². The lowest BCUT2D eigenvalue weighted by atomic mass is 10.2. The summed E-state index contributed by atoms with van der Waals surface area (Å²) in [7, 11) is 1.62. The Morgan fingerprint density at radius 1 is 1.33 bits per heavy atom. The van der Waals surface area contributed by atoms with Gasteiger partial charge in [-0.15, -0.1) is 0 Å². The predicted octanol–water partition coefficient (Wildman–Crippen LogP) is 2.53. The van der Waals surface area contributed by atoms with Crippen molar-refractivity contribution in [2.75, 3.05) is 30.8 Å². The average molecular weight is 227 g/mol. The lowest BCUT2D eigenvalue weighted by Crippen LogP contribution is -2.18. The van der Waals surface area contributed by atoms with Gasteiger partial charge in [-0.1, -0.05) is 11.6 Å². The topological polar surface area (TPSA) is 38.5 Å². The zero-order valence-electron chi connectivity index (χ0n) is 8.79. The maximum absolute atomic E-state index is 6.16. The third-order valence-electron chi connectivity index (χ3n) is 2.75. The van der Waals surface area contributed by atoms with Crippen LogP contribution in [-0.2, 0) is 0 Å². The largest absolute Gasteiger partial charge is 0.495 e. The normalized spacial score (nSPS) is 15.7. The number of nitrogens with zero attached hydrogens (tertiary/aromatic N) is 1. The summed E-state index contributed by atoms with van der Waals surface area (Å²) in [6.07, 6.45) is 2.45. The standard InChI is InChI=1S/C11H15ClN2O/c1-15-11-7-10(8(12)6-9(11)13)14-4-2-3-5-14/h6-7H,2-5,13H2,1H3. The van der Waals surface area contributed by atoms with Crippen LogP contribution in [0.4, 0.5) is 11.4 Å². The van der Waals surface area contributed by atoms with Gasteiger partial charge >= 0.3 is 0 Å². The van der Waals surface area contributed by atoms with Crippen molar-refractivity contribution in [3.8, 4) is 5.75 Å². The molecule has 1 fully saturated rings. The van der Waals surface area contributed by atoms with Crippen LogP contribution in [0.25, 0.3) is 0 Å². The van der Waals surface area contributed by atoms with Crippen LogP contribution in [0.5, 0.6) is 5.75 Å². The molecule has 1 aromatic carbocycles. The van der Waals surface area contributed by atoms with E-state index in [-0.39, 0.29) is 0 Å². The van der Waals surface area contributed by atoms with E-state index >= 15 is 0 Å². The Balaban J connectivity index is 2.37. The lowest BCUT2D eigenvalue weighted by Gasteiger charge is -2.20. The molecular formula is C11H15ClN2O. The Hall–Kier alpha value is -1.09. The molecule has 0 saturated carbocycles. The molecule has 2 rings (SSSR count). The van der Waals surface area contributed by atoms with E-state index in [0.717, 1.165) is 18.8 Å². The highest BCUT2D eigenvalue weighted by atomic mass is 35.5. The summed E-state index contributed by atoms with van der Waals surface area (Å²) in [4.78, 5) is 2.27. The smallest absolute Gasteiger partial charge is 0.143 e. The molecule has 4 heteroatoms. The highest BCUT2D eigenvalue weighted by Crippen LogP contribution is 2.36. The van der Waals surface area contributed by atoms with Gasteiger partial charge in [0.25, 0.3) is 0 Å². The molecule has 3 nitrogen and oxygen atoms in total. The molecule has 2 N–H and O–H groups in total. The molecule has 15 heavy (non-hydrogen) atoms. The van der Waals surface area contributed by atoms with E-state index in [2.05, 4.69) is 4.90 Å². The molecule has 1 aromatic rings. The summed E-state index contributed by atoms with van der Waals surface area (Å²) in [6, 6.07) is 3.68. The minimum atomic E-state index is 0.588. The van der Waals surface area contributed by atoms with Crippen LogP contribution in [0.3, 0.4) is 0 Å². The van der Waals surface area contributed by atoms with Crippen LogP contribution in [0.1, 0.15) is 12.8 Å². The predicted molar refractivity (Wildman–Crippen MR) is 63.9 cm³/mol. The summed E-state index contributed by atoms with van der Waals surface area (Å²) >= 11 is 6.16. The van der Waals surface area contributed by atoms with Gasteiger partial charge in [-0.25, -0.2) is 0 Å². The van der Waals surface area contributed by atoms with Gasteiger partial charge < -0.3 is 15.4 Å². The Morgan fingerprint density at radius 2 is 2.00 bits per heavy atom. The van der Waals surface area contributed by atoms with E-state index in [0.29, 0.717) is 16.5 Å². The van der Waals surface area contributed by atoms with Crippen LogP contribution in [0, 0.1) is 0 Å². The minimum Gasteiger partial charge on any atom is -0.495 e. The van der Waals surface area contributed by atoms with E-state index in [1.54, 1.807) is 13.2 Å². The molecule has 0 radical (unpaired) electrons. The second-order valence-electron chi connectivity index (χ2n) is 3.74. The van der Waals surface area contributed by atoms with Gasteiger partial charge in [0, 0.05) is 19.2 Å². The summed E-state index contributed by atoms with van der Waals surface area (Å²) in [5.74, 6) is 0.696. The number of rotatable bonds is 2. The Labute approximate surface area is 94.8 Å². The molecule has 1 aliphatic heterocycles. The van der Waals surface area contributed by atoms with E-state index in [4.69, 9.17) is 22.1 Å². The van der Waals surface area contributed by atoms with Crippen LogP contribution < -0.4 is 15.4 Å². The quantitative estimate of drug-likeness (QED) is 0.788. The number of hydrogen-bond acceptors (Lipinski definition) is 3. The van der Waals surface area contributed by atoms with Crippen molar-refractivity contribution in [3.63, 3.8) is 0 Å². The molecule has 0 unspecified atom stereocenters. The van der Waals surface area contributed by atoms with Crippen molar-refractivity contribution in [1.29, 1.82) is 0 Å². The van der Waals surface area contributed by atoms with Crippen LogP contribution in [0.2, 0.25) is 5.02 Å². The first-order chi connectivity index (χ1) is 7.22. The van der Waals surface area contributed by atoms with Crippen LogP contribution in [0.15, 0.2) is 12.1 Å². The zero-order valence-corrected chi connectivity index (χ0v) is 9.55. The number of methoxy groups -OCH3 is 1. The molecule has 0 aliphatic carbocycles. The van der Waals surface area contributed by atoms with E-state index in [9.17, 15) is 0 Å². The number of ether oxygens (including phenoxy) is 1. The molecular weight excluding hydrogens is 212 g/mol. The van der Waals surface area contributed by atoms with Crippen molar-refractivity contribution >= 4 is 23.0 Å². The van der Waals surface area contributed by atoms with Gasteiger partial charge in [-0.05, 0) is 18.9 Å². The van der Waals surface area contributed by atoms with Gasteiger partial charge in [0.05, 0.1) is 23.5 Å². The summed E-state index contributed by atoms with van der Waals surface area (Å²) in [5.41, 5.74) is 7.39. The average Bonchev–Trinajstić information content (AvgIpc) is 2.71. The highest BCUT2D eigenvalue weighted by Gasteiger charge is 2.17. The first kappa shape index (κ1) is 10.4. The second-order valence-corrected chi connectivity index (χ2v) is 4.15. The summed E-state index contributed by atoms with van der Waals surface area (Å²) < 4.78 is 5.19. The van der Waals surface area contributed by atoms with Crippen LogP contribution in [-0.4, -0.2) is 20.2 Å². The van der Waals surface area contributed by atoms with E-state index in [1.165, 1.54) is 12.8 Å². The fraction of sp³-hybridized carbons (Fsp3) is 0.455. The van der Waals surface area contributed by atoms with E-state index < -0.39 is 0 Å². The Morgan fingerprint density at radius 3 is 2.60 bits per heavy atom. The number of nitrogen functional groups attached to an aromatic ring is 1. The number of anilines is 2. The third-order valence-corrected chi connectivity index (χ3v) is 3.05. The number of nitrogens with two attached hydrogens (primary N) is 1. The maximum atomic E-state index is 6.16. The van der Waals surface area contributed by atoms with Crippen molar-refractivity contribution in [3.05, 3.63) is 17.2 Å². The lowest BCUT2D eigenvalue weighted by molar-refractivity contribution is 0.417. The zero-order chi connectivity index (χ0) is 10.8. The van der Waals surface area contributed by atoms with Crippen molar-refractivity contribution in [2.45, 2.75) is 12.8 Å². The van der Waals surface area contributed by atoms with E-state index in [1.807, 2.05) is 6.07 Å². The third kappa shape index (κ3) is 1.97. The fourth-order valence-corrected chi connectivity index (χ4v) is 2.23. The Bertz CT molecular complexity index is 362. The number of benzene rings is 1. The fourth-order valence-electron chi connectivity index (χ4n) is 1.94. The summed E-state index contributed by atoms with van der Waals surface area (Å²) in [6.45, 7) is 2.12. The monoisotopic (exact) mass is 226 g/mol. The highest BCUT2D eigenvalue weighted by molar-refractivity contribution is 6.33. The molecule has 1 aliphatic rings. The van der Waals surface area contributed by atoms with Crippen LogP contribution >= 0.6 is 11.6 Å². The minimum absolute atomic E-state index is 0.588. The summed E-state index contributed by atoms with van der Waals surface area (Å²) in [5, 5.41) is 0.704. The second kappa shape index (κ2) is 4.19. The number of hydrogen-bond donors (Lipinski definition) is 1. The van der Waals surface area contributed by atoms with Crippen molar-refractivity contribution < 1.29 is 4.74 Å². The maximum Gasteiger partial charge on any atom is 0.143 e. The molecule has 0 spiro atoms. The van der Waals surface area contributed by atoms with Gasteiger partial charge in [0.2, 0.25) is 0 Å². The van der Waals surface area contributed by atoms with Gasteiger partial charge in [-0.2, -0.15) is 0 Å². The first-order valence-corrected chi connectivity index (χ1v) is 5.48. The molecule has 1 heterocycles. The Kier molecular flexibility index (Phi) is 2.91.